The van der Waals surface area contributed by atoms with E-state index in [1.165, 1.54) is 0 Å². The minimum atomic E-state index is -0.172. The van der Waals surface area contributed by atoms with Crippen molar-refractivity contribution in [3.05, 3.63) is 64.9 Å². The third-order valence-corrected chi connectivity index (χ3v) is 3.73. The van der Waals surface area contributed by atoms with Crippen molar-refractivity contribution in [2.45, 2.75) is 25.8 Å². The van der Waals surface area contributed by atoms with Gasteiger partial charge in [-0.1, -0.05) is 17.7 Å². The predicted octanol–water partition coefficient (Wildman–Crippen LogP) is 3.12. The Hall–Kier alpha value is -2.40. The molecule has 2 rings (SSSR count). The maximum Gasteiger partial charge on any atom is 0.251 e. The van der Waals surface area contributed by atoms with Gasteiger partial charge in [0.2, 0.25) is 5.91 Å². The van der Waals surface area contributed by atoms with Crippen LogP contribution in [0.4, 0.5) is 0 Å². The highest BCUT2D eigenvalue weighted by molar-refractivity contribution is 6.30. The number of benzene rings is 1. The molecule has 2 N–H and O–H groups in total. The molecule has 126 valence electrons. The summed E-state index contributed by atoms with van der Waals surface area (Å²) < 4.78 is 0. The van der Waals surface area contributed by atoms with E-state index >= 15 is 0 Å². The number of hydrogen-bond acceptors (Lipinski definition) is 3. The molecule has 0 aliphatic rings. The van der Waals surface area contributed by atoms with Crippen molar-refractivity contribution in [3.63, 3.8) is 0 Å². The Balaban J connectivity index is 1.67. The van der Waals surface area contributed by atoms with Gasteiger partial charge in [-0.2, -0.15) is 0 Å². The fraction of sp³-hybridized carbons (Fsp3) is 0.278. The zero-order valence-corrected chi connectivity index (χ0v) is 14.2. The Morgan fingerprint density at radius 2 is 1.92 bits per heavy atom. The second-order valence-corrected chi connectivity index (χ2v) is 5.85. The average molecular weight is 346 g/mol. The van der Waals surface area contributed by atoms with Crippen molar-refractivity contribution in [2.24, 2.45) is 0 Å². The Bertz CT molecular complexity index is 674. The highest BCUT2D eigenvalue weighted by atomic mass is 35.5. The molecule has 2 amide bonds. The summed E-state index contributed by atoms with van der Waals surface area (Å²) in [6.45, 7) is 2.33. The third-order valence-electron chi connectivity index (χ3n) is 3.48. The van der Waals surface area contributed by atoms with Crippen LogP contribution in [0.5, 0.6) is 0 Å². The SMILES string of the molecule is CC(NC(=O)CCCNC(=O)c1ccc(Cl)cc1)c1ccccn1. The first-order valence-corrected chi connectivity index (χ1v) is 8.18. The summed E-state index contributed by atoms with van der Waals surface area (Å²) >= 11 is 5.78. The zero-order chi connectivity index (χ0) is 17.4. The van der Waals surface area contributed by atoms with E-state index < -0.39 is 0 Å². The van der Waals surface area contributed by atoms with Crippen LogP contribution in [0.3, 0.4) is 0 Å². The molecule has 0 bridgehead atoms. The van der Waals surface area contributed by atoms with Crippen LogP contribution in [-0.2, 0) is 4.79 Å². The zero-order valence-electron chi connectivity index (χ0n) is 13.5. The highest BCUT2D eigenvalue weighted by Gasteiger charge is 2.10. The quantitative estimate of drug-likeness (QED) is 0.757. The van der Waals surface area contributed by atoms with Crippen LogP contribution in [0, 0.1) is 0 Å². The van der Waals surface area contributed by atoms with Crippen molar-refractivity contribution in [2.75, 3.05) is 6.54 Å². The van der Waals surface area contributed by atoms with E-state index in [0.29, 0.717) is 30.0 Å². The standard InChI is InChI=1S/C18H20ClN3O2/c1-13(16-5-2-3-11-20-16)22-17(23)6-4-12-21-18(24)14-7-9-15(19)10-8-14/h2-3,5,7-11,13H,4,6,12H2,1H3,(H,21,24)(H,22,23). The second kappa shape index (κ2) is 9.03. The van der Waals surface area contributed by atoms with Gasteiger partial charge in [-0.25, -0.2) is 0 Å². The molecule has 6 heteroatoms. The topological polar surface area (TPSA) is 71.1 Å². The van der Waals surface area contributed by atoms with Gasteiger partial charge in [0.25, 0.3) is 5.91 Å². The summed E-state index contributed by atoms with van der Waals surface area (Å²) in [4.78, 5) is 28.0. The summed E-state index contributed by atoms with van der Waals surface area (Å²) in [6, 6.07) is 12.1. The Morgan fingerprint density at radius 3 is 2.58 bits per heavy atom. The third kappa shape index (κ3) is 5.66. The van der Waals surface area contributed by atoms with Crippen LogP contribution in [0.2, 0.25) is 5.02 Å². The average Bonchev–Trinajstić information content (AvgIpc) is 2.60. The number of carbonyl (C=O) groups is 2. The van der Waals surface area contributed by atoms with Crippen molar-refractivity contribution in [3.8, 4) is 0 Å². The lowest BCUT2D eigenvalue weighted by molar-refractivity contribution is -0.121. The second-order valence-electron chi connectivity index (χ2n) is 5.41. The van der Waals surface area contributed by atoms with Gasteiger partial charge in [-0.15, -0.1) is 0 Å². The molecule has 0 aliphatic carbocycles. The fourth-order valence-electron chi connectivity index (χ4n) is 2.17. The molecule has 0 aliphatic heterocycles. The van der Waals surface area contributed by atoms with Gasteiger partial charge < -0.3 is 10.6 Å². The number of carbonyl (C=O) groups excluding carboxylic acids is 2. The number of rotatable bonds is 7. The highest BCUT2D eigenvalue weighted by Crippen LogP contribution is 2.10. The molecule has 1 aromatic carbocycles. The number of pyridine rings is 1. The van der Waals surface area contributed by atoms with E-state index in [0.717, 1.165) is 5.69 Å². The summed E-state index contributed by atoms with van der Waals surface area (Å²) in [5, 5.41) is 6.27. The number of hydrogen-bond donors (Lipinski definition) is 2. The Labute approximate surface area is 146 Å². The summed E-state index contributed by atoms with van der Waals surface area (Å²) in [7, 11) is 0. The molecule has 0 saturated heterocycles. The van der Waals surface area contributed by atoms with Crippen LogP contribution in [0.1, 0.15) is 41.9 Å². The minimum absolute atomic E-state index is 0.0612. The lowest BCUT2D eigenvalue weighted by Gasteiger charge is -2.13. The van der Waals surface area contributed by atoms with E-state index in [1.807, 2.05) is 25.1 Å². The van der Waals surface area contributed by atoms with Crippen molar-refractivity contribution in [1.82, 2.24) is 15.6 Å². The van der Waals surface area contributed by atoms with Gasteiger partial charge in [-0.3, -0.25) is 14.6 Å². The molecule has 0 fully saturated rings. The maximum atomic E-state index is 11.9. The van der Waals surface area contributed by atoms with Gasteiger partial charge in [0.15, 0.2) is 0 Å². The van der Waals surface area contributed by atoms with E-state index in [-0.39, 0.29) is 17.9 Å². The number of aromatic nitrogens is 1. The summed E-state index contributed by atoms with van der Waals surface area (Å²) in [6.07, 6.45) is 2.61. The number of nitrogens with one attached hydrogen (secondary N) is 2. The monoisotopic (exact) mass is 345 g/mol. The van der Waals surface area contributed by atoms with Crippen LogP contribution in [0.15, 0.2) is 48.7 Å². The molecule has 1 heterocycles. The smallest absolute Gasteiger partial charge is 0.251 e. The van der Waals surface area contributed by atoms with Crippen LogP contribution < -0.4 is 10.6 Å². The van der Waals surface area contributed by atoms with Crippen molar-refractivity contribution < 1.29 is 9.59 Å². The molecule has 1 atom stereocenters. The fourth-order valence-corrected chi connectivity index (χ4v) is 2.30. The molecule has 2 aromatic rings. The minimum Gasteiger partial charge on any atom is -0.352 e. The van der Waals surface area contributed by atoms with Gasteiger partial charge in [0.1, 0.15) is 0 Å². The normalized spacial score (nSPS) is 11.6. The molecule has 0 saturated carbocycles. The Kier molecular flexibility index (Phi) is 6.75. The predicted molar refractivity (Wildman–Crippen MR) is 93.8 cm³/mol. The number of amides is 2. The molecule has 0 spiro atoms. The van der Waals surface area contributed by atoms with Gasteiger partial charge in [0, 0.05) is 29.7 Å². The molecule has 0 radical (unpaired) electrons. The lowest BCUT2D eigenvalue weighted by Crippen LogP contribution is -2.29. The van der Waals surface area contributed by atoms with Crippen LogP contribution in [0.25, 0.3) is 0 Å². The Morgan fingerprint density at radius 1 is 1.17 bits per heavy atom. The molecule has 5 nitrogen and oxygen atoms in total. The first-order valence-electron chi connectivity index (χ1n) is 7.80. The molecular weight excluding hydrogens is 326 g/mol. The summed E-state index contributed by atoms with van der Waals surface area (Å²) in [5.74, 6) is -0.233. The molecule has 1 aromatic heterocycles. The first kappa shape index (κ1) is 17.9. The lowest BCUT2D eigenvalue weighted by atomic mass is 10.2. The van der Waals surface area contributed by atoms with E-state index in [1.54, 1.807) is 30.5 Å². The van der Waals surface area contributed by atoms with Crippen molar-refractivity contribution in [1.29, 1.82) is 0 Å². The van der Waals surface area contributed by atoms with E-state index in [2.05, 4.69) is 15.6 Å². The summed E-state index contributed by atoms with van der Waals surface area (Å²) in [5.41, 5.74) is 1.37. The molecule has 24 heavy (non-hydrogen) atoms. The van der Waals surface area contributed by atoms with Crippen LogP contribution >= 0.6 is 11.6 Å². The van der Waals surface area contributed by atoms with E-state index in [4.69, 9.17) is 11.6 Å². The first-order chi connectivity index (χ1) is 11.6. The number of nitrogens with zero attached hydrogens (tertiary/aromatic N) is 1. The van der Waals surface area contributed by atoms with Crippen LogP contribution in [-0.4, -0.2) is 23.3 Å². The van der Waals surface area contributed by atoms with Gasteiger partial charge in [0.05, 0.1) is 11.7 Å². The van der Waals surface area contributed by atoms with E-state index in [9.17, 15) is 9.59 Å². The largest absolute Gasteiger partial charge is 0.352 e. The molecule has 1 unspecified atom stereocenters. The number of halogens is 1. The van der Waals surface area contributed by atoms with Crippen molar-refractivity contribution >= 4 is 23.4 Å². The maximum absolute atomic E-state index is 11.9. The van der Waals surface area contributed by atoms with Gasteiger partial charge in [-0.05, 0) is 49.7 Å². The molecular formula is C18H20ClN3O2. The van der Waals surface area contributed by atoms with Gasteiger partial charge >= 0.3 is 0 Å².